The molecule has 1 aromatic heterocycles. The fourth-order valence-corrected chi connectivity index (χ4v) is 3.65. The standard InChI is InChI=1S/C13H17ClN4O2/c1-13-5-9(15-11-3-2-10(14)16-17-11)4-8(13)6-18(7-13)12(19)20/h2-3,8-9H,4-7H2,1H3,(H,15,17)(H,19,20)/t8-,9+,13+/m0/s1. The number of carboxylic acid groups (broad SMARTS) is 1. The minimum absolute atomic E-state index is 0.0654. The number of carbonyl (C=O) groups is 1. The fourth-order valence-electron chi connectivity index (χ4n) is 3.55. The second-order valence-electron chi connectivity index (χ2n) is 6.04. The molecule has 1 saturated carbocycles. The van der Waals surface area contributed by atoms with E-state index in [1.54, 1.807) is 6.07 Å². The fraction of sp³-hybridized carbons (Fsp3) is 0.615. The van der Waals surface area contributed by atoms with Crippen LogP contribution in [0.5, 0.6) is 0 Å². The van der Waals surface area contributed by atoms with Gasteiger partial charge in [-0.05, 0) is 36.3 Å². The van der Waals surface area contributed by atoms with Crippen LogP contribution >= 0.6 is 11.6 Å². The Morgan fingerprint density at radius 2 is 2.35 bits per heavy atom. The van der Waals surface area contributed by atoms with Gasteiger partial charge in [-0.3, -0.25) is 0 Å². The van der Waals surface area contributed by atoms with Gasteiger partial charge < -0.3 is 15.3 Å². The molecule has 7 heteroatoms. The molecular weight excluding hydrogens is 280 g/mol. The van der Waals surface area contributed by atoms with Gasteiger partial charge in [0.25, 0.3) is 0 Å². The van der Waals surface area contributed by atoms with Gasteiger partial charge in [-0.25, -0.2) is 4.79 Å². The Labute approximate surface area is 122 Å². The molecule has 2 N–H and O–H groups in total. The highest BCUT2D eigenvalue weighted by molar-refractivity contribution is 6.29. The first kappa shape index (κ1) is 13.4. The number of halogens is 1. The molecule has 1 aromatic rings. The van der Waals surface area contributed by atoms with Crippen molar-refractivity contribution >= 4 is 23.5 Å². The number of aromatic nitrogens is 2. The molecule has 0 spiro atoms. The molecule has 1 aliphatic carbocycles. The summed E-state index contributed by atoms with van der Waals surface area (Å²) < 4.78 is 0. The maximum absolute atomic E-state index is 11.1. The maximum atomic E-state index is 11.1. The number of hydrogen-bond acceptors (Lipinski definition) is 4. The van der Waals surface area contributed by atoms with E-state index in [4.69, 9.17) is 16.7 Å². The highest BCUT2D eigenvalue weighted by Crippen LogP contribution is 2.48. The van der Waals surface area contributed by atoms with Crippen LogP contribution < -0.4 is 5.32 Å². The lowest BCUT2D eigenvalue weighted by atomic mass is 9.83. The molecule has 2 heterocycles. The quantitative estimate of drug-likeness (QED) is 0.875. The number of amides is 1. The lowest BCUT2D eigenvalue weighted by Crippen LogP contribution is -2.31. The van der Waals surface area contributed by atoms with Gasteiger partial charge in [0.05, 0.1) is 0 Å². The number of anilines is 1. The zero-order valence-corrected chi connectivity index (χ0v) is 12.0. The van der Waals surface area contributed by atoms with Crippen molar-refractivity contribution in [2.75, 3.05) is 18.4 Å². The van der Waals surface area contributed by atoms with Crippen molar-refractivity contribution in [1.29, 1.82) is 0 Å². The monoisotopic (exact) mass is 296 g/mol. The third-order valence-corrected chi connectivity index (χ3v) is 4.72. The summed E-state index contributed by atoms with van der Waals surface area (Å²) in [4.78, 5) is 12.6. The molecule has 1 saturated heterocycles. The summed E-state index contributed by atoms with van der Waals surface area (Å²) in [5.74, 6) is 1.13. The lowest BCUT2D eigenvalue weighted by molar-refractivity contribution is 0.148. The topological polar surface area (TPSA) is 78.4 Å². The molecule has 1 aliphatic heterocycles. The Bertz CT molecular complexity index is 524. The van der Waals surface area contributed by atoms with E-state index in [2.05, 4.69) is 22.4 Å². The van der Waals surface area contributed by atoms with Crippen molar-refractivity contribution in [3.05, 3.63) is 17.3 Å². The summed E-state index contributed by atoms with van der Waals surface area (Å²) in [5.41, 5.74) is 0.0654. The van der Waals surface area contributed by atoms with Crippen molar-refractivity contribution in [1.82, 2.24) is 15.1 Å². The maximum Gasteiger partial charge on any atom is 0.407 e. The molecule has 108 valence electrons. The average Bonchev–Trinajstić information content (AvgIpc) is 2.83. The Kier molecular flexibility index (Phi) is 3.20. The molecular formula is C13H17ClN4O2. The van der Waals surface area contributed by atoms with E-state index in [1.807, 2.05) is 6.07 Å². The number of nitrogens with one attached hydrogen (secondary N) is 1. The van der Waals surface area contributed by atoms with Gasteiger partial charge in [0.2, 0.25) is 0 Å². The van der Waals surface area contributed by atoms with E-state index in [0.29, 0.717) is 30.2 Å². The van der Waals surface area contributed by atoms with Crippen LogP contribution in [0, 0.1) is 11.3 Å². The molecule has 6 nitrogen and oxygen atoms in total. The molecule has 0 aromatic carbocycles. The summed E-state index contributed by atoms with van der Waals surface area (Å²) in [6, 6.07) is 3.84. The van der Waals surface area contributed by atoms with Gasteiger partial charge in [-0.15, -0.1) is 10.2 Å². The van der Waals surface area contributed by atoms with Crippen molar-refractivity contribution in [2.45, 2.75) is 25.8 Å². The minimum atomic E-state index is -0.811. The van der Waals surface area contributed by atoms with Crippen LogP contribution in [0.4, 0.5) is 10.6 Å². The van der Waals surface area contributed by atoms with Crippen LogP contribution in [0.1, 0.15) is 19.8 Å². The van der Waals surface area contributed by atoms with E-state index in [-0.39, 0.29) is 5.41 Å². The van der Waals surface area contributed by atoms with Gasteiger partial charge in [0.1, 0.15) is 5.82 Å². The number of rotatable bonds is 2. The van der Waals surface area contributed by atoms with Crippen molar-refractivity contribution in [3.63, 3.8) is 0 Å². The smallest absolute Gasteiger partial charge is 0.407 e. The average molecular weight is 297 g/mol. The first-order chi connectivity index (χ1) is 9.46. The van der Waals surface area contributed by atoms with Crippen molar-refractivity contribution in [3.8, 4) is 0 Å². The second kappa shape index (κ2) is 4.77. The van der Waals surface area contributed by atoms with Gasteiger partial charge >= 0.3 is 6.09 Å². The Hall–Kier alpha value is -1.56. The van der Waals surface area contributed by atoms with E-state index in [0.717, 1.165) is 18.7 Å². The van der Waals surface area contributed by atoms with E-state index >= 15 is 0 Å². The van der Waals surface area contributed by atoms with Gasteiger partial charge in [0, 0.05) is 19.1 Å². The van der Waals surface area contributed by atoms with E-state index in [9.17, 15) is 4.79 Å². The van der Waals surface area contributed by atoms with Crippen LogP contribution in [0.15, 0.2) is 12.1 Å². The summed E-state index contributed by atoms with van der Waals surface area (Å²) in [5, 5.41) is 20.7. The molecule has 3 atom stereocenters. The predicted molar refractivity (Wildman–Crippen MR) is 74.9 cm³/mol. The zero-order valence-electron chi connectivity index (χ0n) is 11.2. The first-order valence-electron chi connectivity index (χ1n) is 6.70. The number of fused-ring (bicyclic) bond motifs is 1. The van der Waals surface area contributed by atoms with Gasteiger partial charge in [-0.1, -0.05) is 18.5 Å². The molecule has 2 aliphatic rings. The van der Waals surface area contributed by atoms with Crippen LogP contribution in [0.2, 0.25) is 5.15 Å². The predicted octanol–water partition coefficient (Wildman–Crippen LogP) is 2.32. The highest BCUT2D eigenvalue weighted by Gasteiger charge is 2.50. The minimum Gasteiger partial charge on any atom is -0.465 e. The van der Waals surface area contributed by atoms with Crippen LogP contribution in [-0.2, 0) is 0 Å². The number of likely N-dealkylation sites (tertiary alicyclic amines) is 1. The number of nitrogens with zero attached hydrogens (tertiary/aromatic N) is 3. The van der Waals surface area contributed by atoms with E-state index < -0.39 is 6.09 Å². The first-order valence-corrected chi connectivity index (χ1v) is 7.08. The molecule has 0 radical (unpaired) electrons. The molecule has 20 heavy (non-hydrogen) atoms. The largest absolute Gasteiger partial charge is 0.465 e. The van der Waals surface area contributed by atoms with E-state index in [1.165, 1.54) is 4.90 Å². The summed E-state index contributed by atoms with van der Waals surface area (Å²) >= 11 is 5.71. The highest BCUT2D eigenvalue weighted by atomic mass is 35.5. The summed E-state index contributed by atoms with van der Waals surface area (Å²) in [7, 11) is 0. The molecule has 3 rings (SSSR count). The number of hydrogen-bond donors (Lipinski definition) is 2. The summed E-state index contributed by atoms with van der Waals surface area (Å²) in [6.45, 7) is 3.43. The third-order valence-electron chi connectivity index (χ3n) is 4.51. The zero-order chi connectivity index (χ0) is 14.3. The van der Waals surface area contributed by atoms with Crippen LogP contribution in [-0.4, -0.2) is 45.4 Å². The second-order valence-corrected chi connectivity index (χ2v) is 6.42. The SMILES string of the molecule is C[C@]12C[C@H](Nc3ccc(Cl)nn3)C[C@H]1CN(C(=O)O)C2. The Morgan fingerprint density at radius 1 is 1.55 bits per heavy atom. The van der Waals surface area contributed by atoms with Gasteiger partial charge in [-0.2, -0.15) is 0 Å². The normalized spacial score (nSPS) is 32.2. The molecule has 0 bridgehead atoms. The third kappa shape index (κ3) is 2.40. The molecule has 0 unspecified atom stereocenters. The molecule has 2 fully saturated rings. The molecule has 1 amide bonds. The van der Waals surface area contributed by atoms with Gasteiger partial charge in [0.15, 0.2) is 5.15 Å². The lowest BCUT2D eigenvalue weighted by Gasteiger charge is -2.23. The Morgan fingerprint density at radius 3 is 2.95 bits per heavy atom. The van der Waals surface area contributed by atoms with Crippen molar-refractivity contribution < 1.29 is 9.90 Å². The summed E-state index contributed by atoms with van der Waals surface area (Å²) in [6.07, 6.45) is 1.10. The van der Waals surface area contributed by atoms with Crippen LogP contribution in [0.3, 0.4) is 0 Å². The van der Waals surface area contributed by atoms with Crippen LogP contribution in [0.25, 0.3) is 0 Å². The van der Waals surface area contributed by atoms with Crippen molar-refractivity contribution in [2.24, 2.45) is 11.3 Å². The Balaban J connectivity index is 1.64.